The van der Waals surface area contributed by atoms with Gasteiger partial charge in [-0.2, -0.15) is 0 Å². The van der Waals surface area contributed by atoms with Crippen LogP contribution in [0.3, 0.4) is 0 Å². The van der Waals surface area contributed by atoms with Crippen LogP contribution in [0.2, 0.25) is 0 Å². The molecule has 0 saturated carbocycles. The van der Waals surface area contributed by atoms with E-state index < -0.39 is 0 Å². The molecule has 1 aromatic rings. The largest absolute Gasteiger partial charge is 0.312 e. The summed E-state index contributed by atoms with van der Waals surface area (Å²) in [5.74, 6) is 0. The lowest BCUT2D eigenvalue weighted by Crippen LogP contribution is -2.48. The van der Waals surface area contributed by atoms with Crippen molar-refractivity contribution in [2.45, 2.75) is 19.5 Å². The molecule has 1 fully saturated rings. The van der Waals surface area contributed by atoms with E-state index >= 15 is 0 Å². The Bertz CT molecular complexity index is 275. The van der Waals surface area contributed by atoms with Crippen molar-refractivity contribution in [2.75, 3.05) is 19.6 Å². The van der Waals surface area contributed by atoms with Crippen molar-refractivity contribution in [1.29, 1.82) is 0 Å². The molecule has 0 amide bonds. The molecule has 2 heterocycles. The maximum atomic E-state index is 4.02. The van der Waals surface area contributed by atoms with Crippen LogP contribution in [-0.2, 0) is 6.54 Å². The van der Waals surface area contributed by atoms with Crippen molar-refractivity contribution in [2.24, 2.45) is 0 Å². The van der Waals surface area contributed by atoms with Crippen molar-refractivity contribution in [3.05, 3.63) is 24.3 Å². The van der Waals surface area contributed by atoms with E-state index in [0.29, 0.717) is 6.04 Å². The molecule has 1 unspecified atom stereocenters. The van der Waals surface area contributed by atoms with Gasteiger partial charge in [0, 0.05) is 50.2 Å². The SMILES string of the molecule is CC1CN(Cc2cncnc2)CCN1. The van der Waals surface area contributed by atoms with E-state index in [1.807, 2.05) is 12.4 Å². The highest BCUT2D eigenvalue weighted by Crippen LogP contribution is 2.04. The molecule has 14 heavy (non-hydrogen) atoms. The Morgan fingerprint density at radius 3 is 3.00 bits per heavy atom. The van der Waals surface area contributed by atoms with Crippen LogP contribution in [0.1, 0.15) is 12.5 Å². The molecule has 2 rings (SSSR count). The lowest BCUT2D eigenvalue weighted by molar-refractivity contribution is 0.199. The van der Waals surface area contributed by atoms with Gasteiger partial charge in [0.1, 0.15) is 6.33 Å². The Balaban J connectivity index is 1.91. The van der Waals surface area contributed by atoms with Crippen molar-refractivity contribution >= 4 is 0 Å². The Morgan fingerprint density at radius 2 is 2.29 bits per heavy atom. The Kier molecular flexibility index (Phi) is 3.06. The zero-order chi connectivity index (χ0) is 9.80. The van der Waals surface area contributed by atoms with Crippen molar-refractivity contribution in [3.8, 4) is 0 Å². The number of aromatic nitrogens is 2. The van der Waals surface area contributed by atoms with Gasteiger partial charge < -0.3 is 5.32 Å². The zero-order valence-corrected chi connectivity index (χ0v) is 8.48. The molecule has 1 saturated heterocycles. The van der Waals surface area contributed by atoms with E-state index in [9.17, 15) is 0 Å². The fourth-order valence-corrected chi connectivity index (χ4v) is 1.83. The number of hydrogen-bond donors (Lipinski definition) is 1. The fourth-order valence-electron chi connectivity index (χ4n) is 1.83. The van der Waals surface area contributed by atoms with E-state index in [-0.39, 0.29) is 0 Å². The third-order valence-electron chi connectivity index (χ3n) is 2.47. The molecule has 0 aliphatic carbocycles. The van der Waals surface area contributed by atoms with E-state index in [2.05, 4.69) is 27.1 Å². The Hall–Kier alpha value is -1.00. The van der Waals surface area contributed by atoms with E-state index in [0.717, 1.165) is 26.2 Å². The average Bonchev–Trinajstić information content (AvgIpc) is 2.19. The smallest absolute Gasteiger partial charge is 0.115 e. The first-order valence-electron chi connectivity index (χ1n) is 5.04. The van der Waals surface area contributed by atoms with Crippen LogP contribution in [0.25, 0.3) is 0 Å². The maximum Gasteiger partial charge on any atom is 0.115 e. The molecule has 1 atom stereocenters. The predicted octanol–water partition coefficient (Wildman–Crippen LogP) is 0.270. The molecule has 1 aromatic heterocycles. The van der Waals surface area contributed by atoms with Gasteiger partial charge in [0.25, 0.3) is 0 Å². The predicted molar refractivity (Wildman–Crippen MR) is 54.8 cm³/mol. The van der Waals surface area contributed by atoms with Gasteiger partial charge >= 0.3 is 0 Å². The van der Waals surface area contributed by atoms with Crippen molar-refractivity contribution < 1.29 is 0 Å². The molecule has 0 spiro atoms. The molecule has 76 valence electrons. The number of nitrogens with zero attached hydrogens (tertiary/aromatic N) is 3. The normalized spacial score (nSPS) is 23.6. The van der Waals surface area contributed by atoms with Gasteiger partial charge in [-0.3, -0.25) is 4.90 Å². The van der Waals surface area contributed by atoms with Crippen molar-refractivity contribution in [1.82, 2.24) is 20.2 Å². The summed E-state index contributed by atoms with van der Waals surface area (Å²) >= 11 is 0. The second-order valence-corrected chi connectivity index (χ2v) is 3.84. The highest BCUT2D eigenvalue weighted by molar-refractivity contribution is 5.02. The third kappa shape index (κ3) is 2.49. The second-order valence-electron chi connectivity index (χ2n) is 3.84. The Labute approximate surface area is 84.4 Å². The van der Waals surface area contributed by atoms with Crippen LogP contribution in [0.5, 0.6) is 0 Å². The van der Waals surface area contributed by atoms with Gasteiger partial charge in [-0.25, -0.2) is 9.97 Å². The first-order valence-corrected chi connectivity index (χ1v) is 5.04. The molecular weight excluding hydrogens is 176 g/mol. The quantitative estimate of drug-likeness (QED) is 0.730. The molecule has 0 bridgehead atoms. The van der Waals surface area contributed by atoms with E-state index in [4.69, 9.17) is 0 Å². The van der Waals surface area contributed by atoms with Gasteiger partial charge in [0.2, 0.25) is 0 Å². The summed E-state index contributed by atoms with van der Waals surface area (Å²) in [6.45, 7) is 6.48. The molecule has 4 heteroatoms. The summed E-state index contributed by atoms with van der Waals surface area (Å²) in [6.07, 6.45) is 5.35. The summed E-state index contributed by atoms with van der Waals surface area (Å²) in [7, 11) is 0. The molecule has 1 N–H and O–H groups in total. The lowest BCUT2D eigenvalue weighted by Gasteiger charge is -2.31. The third-order valence-corrected chi connectivity index (χ3v) is 2.47. The molecular formula is C10H16N4. The van der Waals surface area contributed by atoms with Crippen LogP contribution in [0, 0.1) is 0 Å². The first-order chi connectivity index (χ1) is 6.84. The van der Waals surface area contributed by atoms with Gasteiger partial charge in [-0.15, -0.1) is 0 Å². The minimum absolute atomic E-state index is 0.591. The summed E-state index contributed by atoms with van der Waals surface area (Å²) in [5, 5.41) is 3.42. The number of piperazine rings is 1. The molecule has 1 aliphatic rings. The maximum absolute atomic E-state index is 4.02. The van der Waals surface area contributed by atoms with E-state index in [1.165, 1.54) is 5.56 Å². The highest BCUT2D eigenvalue weighted by Gasteiger charge is 2.15. The van der Waals surface area contributed by atoms with Crippen LogP contribution in [0.4, 0.5) is 0 Å². The van der Waals surface area contributed by atoms with Gasteiger partial charge in [0.05, 0.1) is 0 Å². The summed E-state index contributed by atoms with van der Waals surface area (Å²) in [5.41, 5.74) is 1.20. The standard InChI is InChI=1S/C10H16N4/c1-9-6-14(3-2-13-9)7-10-4-11-8-12-5-10/h4-5,8-9,13H,2-3,6-7H2,1H3. The van der Waals surface area contributed by atoms with Gasteiger partial charge in [0.15, 0.2) is 0 Å². The van der Waals surface area contributed by atoms with Gasteiger partial charge in [-0.05, 0) is 6.92 Å². The molecule has 0 aromatic carbocycles. The average molecular weight is 192 g/mol. The second kappa shape index (κ2) is 4.48. The molecule has 1 aliphatic heterocycles. The molecule has 0 radical (unpaired) electrons. The van der Waals surface area contributed by atoms with E-state index in [1.54, 1.807) is 6.33 Å². The highest BCUT2D eigenvalue weighted by atomic mass is 15.2. The Morgan fingerprint density at radius 1 is 1.50 bits per heavy atom. The lowest BCUT2D eigenvalue weighted by atomic mass is 10.2. The zero-order valence-electron chi connectivity index (χ0n) is 8.48. The minimum atomic E-state index is 0.591. The van der Waals surface area contributed by atoms with Gasteiger partial charge in [-0.1, -0.05) is 0 Å². The topological polar surface area (TPSA) is 41.1 Å². The monoisotopic (exact) mass is 192 g/mol. The number of nitrogens with one attached hydrogen (secondary N) is 1. The summed E-state index contributed by atoms with van der Waals surface area (Å²) in [6, 6.07) is 0.591. The van der Waals surface area contributed by atoms with Crippen LogP contribution < -0.4 is 5.32 Å². The van der Waals surface area contributed by atoms with Crippen LogP contribution in [0.15, 0.2) is 18.7 Å². The number of rotatable bonds is 2. The van der Waals surface area contributed by atoms with Crippen molar-refractivity contribution in [3.63, 3.8) is 0 Å². The first kappa shape index (κ1) is 9.55. The minimum Gasteiger partial charge on any atom is -0.312 e. The summed E-state index contributed by atoms with van der Waals surface area (Å²) in [4.78, 5) is 10.5. The van der Waals surface area contributed by atoms with Crippen LogP contribution >= 0.6 is 0 Å². The summed E-state index contributed by atoms with van der Waals surface area (Å²) < 4.78 is 0. The molecule has 4 nitrogen and oxygen atoms in total. The van der Waals surface area contributed by atoms with Crippen LogP contribution in [-0.4, -0.2) is 40.5 Å². The fraction of sp³-hybridized carbons (Fsp3) is 0.600. The number of hydrogen-bond acceptors (Lipinski definition) is 4.